The van der Waals surface area contributed by atoms with E-state index < -0.39 is 0 Å². The van der Waals surface area contributed by atoms with Crippen LogP contribution in [-0.4, -0.2) is 20.5 Å². The predicted molar refractivity (Wildman–Crippen MR) is 67.4 cm³/mol. The maximum absolute atomic E-state index is 11.9. The van der Waals surface area contributed by atoms with E-state index in [4.69, 9.17) is 0 Å². The van der Waals surface area contributed by atoms with Gasteiger partial charge in [0.1, 0.15) is 5.69 Å². The summed E-state index contributed by atoms with van der Waals surface area (Å²) in [6.07, 6.45) is 5.10. The highest BCUT2D eigenvalue weighted by Gasteiger charge is 2.06. The van der Waals surface area contributed by atoms with Gasteiger partial charge in [-0.3, -0.25) is 9.78 Å². The van der Waals surface area contributed by atoms with Crippen LogP contribution in [0.25, 0.3) is 5.52 Å². The summed E-state index contributed by atoms with van der Waals surface area (Å²) in [5.41, 5.74) is 2.04. The summed E-state index contributed by atoms with van der Waals surface area (Å²) in [6.45, 7) is 0. The lowest BCUT2D eigenvalue weighted by molar-refractivity contribution is 0.102. The fraction of sp³-hybridized carbons (Fsp3) is 0. The second kappa shape index (κ2) is 4.29. The zero-order valence-corrected chi connectivity index (χ0v) is 9.45. The number of rotatable bonds is 2. The third-order valence-electron chi connectivity index (χ3n) is 2.55. The Bertz CT molecular complexity index is 690. The van der Waals surface area contributed by atoms with Crippen molar-refractivity contribution < 1.29 is 4.79 Å². The van der Waals surface area contributed by atoms with Gasteiger partial charge >= 0.3 is 0 Å². The van der Waals surface area contributed by atoms with Crippen molar-refractivity contribution in [2.24, 2.45) is 0 Å². The number of nitrogens with one attached hydrogen (secondary N) is 1. The second-order valence-corrected chi connectivity index (χ2v) is 3.79. The lowest BCUT2D eigenvalue weighted by Crippen LogP contribution is -2.13. The van der Waals surface area contributed by atoms with Crippen LogP contribution in [0.2, 0.25) is 0 Å². The van der Waals surface area contributed by atoms with Crippen molar-refractivity contribution in [3.8, 4) is 0 Å². The topological polar surface area (TPSA) is 59.3 Å². The minimum absolute atomic E-state index is 0.223. The molecule has 18 heavy (non-hydrogen) atoms. The Morgan fingerprint density at radius 1 is 1.17 bits per heavy atom. The number of aromatic nitrogens is 3. The van der Waals surface area contributed by atoms with Crippen LogP contribution in [0.1, 0.15) is 10.5 Å². The molecule has 5 nitrogen and oxygen atoms in total. The first-order valence-corrected chi connectivity index (χ1v) is 5.49. The minimum Gasteiger partial charge on any atom is -0.321 e. The van der Waals surface area contributed by atoms with E-state index in [1.54, 1.807) is 47.4 Å². The molecule has 0 aliphatic rings. The maximum atomic E-state index is 11.9. The average molecular weight is 238 g/mol. The fourth-order valence-electron chi connectivity index (χ4n) is 1.69. The molecule has 3 rings (SSSR count). The molecule has 0 bridgehead atoms. The van der Waals surface area contributed by atoms with E-state index in [1.165, 1.54) is 0 Å². The molecule has 0 radical (unpaired) electrons. The SMILES string of the molecule is O=C(Nc1ccn2nccc2c1)c1ccccn1. The lowest BCUT2D eigenvalue weighted by atomic mass is 10.3. The van der Waals surface area contributed by atoms with Crippen LogP contribution in [0, 0.1) is 0 Å². The Morgan fingerprint density at radius 3 is 2.94 bits per heavy atom. The molecular weight excluding hydrogens is 228 g/mol. The molecular formula is C13H10N4O. The van der Waals surface area contributed by atoms with Crippen molar-refractivity contribution in [3.63, 3.8) is 0 Å². The van der Waals surface area contributed by atoms with Crippen LogP contribution in [0.4, 0.5) is 5.69 Å². The number of nitrogens with zero attached hydrogens (tertiary/aromatic N) is 3. The molecule has 0 spiro atoms. The first kappa shape index (κ1) is 10.5. The summed E-state index contributed by atoms with van der Waals surface area (Å²) in [5.74, 6) is -0.223. The molecule has 0 saturated carbocycles. The molecule has 3 aromatic heterocycles. The van der Waals surface area contributed by atoms with Gasteiger partial charge in [0.15, 0.2) is 0 Å². The molecule has 88 valence electrons. The lowest BCUT2D eigenvalue weighted by Gasteiger charge is -2.04. The molecule has 3 heterocycles. The van der Waals surface area contributed by atoms with Crippen LogP contribution in [0.3, 0.4) is 0 Å². The van der Waals surface area contributed by atoms with Gasteiger partial charge in [0.25, 0.3) is 5.91 Å². The van der Waals surface area contributed by atoms with Gasteiger partial charge in [0.05, 0.1) is 5.52 Å². The maximum Gasteiger partial charge on any atom is 0.274 e. The van der Waals surface area contributed by atoms with Crippen molar-refractivity contribution in [3.05, 3.63) is 60.7 Å². The summed E-state index contributed by atoms with van der Waals surface area (Å²) >= 11 is 0. The Hall–Kier alpha value is -2.69. The molecule has 1 N–H and O–H groups in total. The Morgan fingerprint density at radius 2 is 2.11 bits per heavy atom. The van der Waals surface area contributed by atoms with Gasteiger partial charge in [-0.15, -0.1) is 0 Å². The van der Waals surface area contributed by atoms with Crippen molar-refractivity contribution in [2.45, 2.75) is 0 Å². The summed E-state index contributed by atoms with van der Waals surface area (Å²) in [7, 11) is 0. The molecule has 0 fully saturated rings. The molecule has 3 aromatic rings. The zero-order valence-electron chi connectivity index (χ0n) is 9.45. The number of hydrogen-bond acceptors (Lipinski definition) is 3. The third-order valence-corrected chi connectivity index (χ3v) is 2.55. The van der Waals surface area contributed by atoms with E-state index >= 15 is 0 Å². The highest BCUT2D eigenvalue weighted by molar-refractivity contribution is 6.03. The molecule has 5 heteroatoms. The minimum atomic E-state index is -0.223. The normalized spacial score (nSPS) is 10.4. The average Bonchev–Trinajstić information content (AvgIpc) is 2.87. The summed E-state index contributed by atoms with van der Waals surface area (Å²) in [6, 6.07) is 10.7. The quantitative estimate of drug-likeness (QED) is 0.742. The van der Waals surface area contributed by atoms with Crippen molar-refractivity contribution in [1.82, 2.24) is 14.6 Å². The van der Waals surface area contributed by atoms with Crippen LogP contribution >= 0.6 is 0 Å². The molecule has 1 amide bonds. The standard InChI is InChI=1S/C13H10N4O/c18-13(12-3-1-2-6-14-12)16-10-5-8-17-11(9-10)4-7-15-17/h1-9H,(H,16,18). The summed E-state index contributed by atoms with van der Waals surface area (Å²) < 4.78 is 1.73. The number of amides is 1. The van der Waals surface area contributed by atoms with Crippen LogP contribution < -0.4 is 5.32 Å². The van der Waals surface area contributed by atoms with Crippen LogP contribution in [-0.2, 0) is 0 Å². The number of pyridine rings is 2. The van der Waals surface area contributed by atoms with Crippen molar-refractivity contribution in [2.75, 3.05) is 5.32 Å². The molecule has 0 aromatic carbocycles. The van der Waals surface area contributed by atoms with Gasteiger partial charge in [0, 0.05) is 24.3 Å². The van der Waals surface area contributed by atoms with Gasteiger partial charge in [-0.05, 0) is 30.3 Å². The number of hydrogen-bond donors (Lipinski definition) is 1. The van der Waals surface area contributed by atoms with Crippen molar-refractivity contribution >= 4 is 17.1 Å². The highest BCUT2D eigenvalue weighted by Crippen LogP contribution is 2.12. The zero-order chi connectivity index (χ0) is 12.4. The van der Waals surface area contributed by atoms with Gasteiger partial charge in [0.2, 0.25) is 0 Å². The third kappa shape index (κ3) is 1.93. The Kier molecular flexibility index (Phi) is 2.49. The van der Waals surface area contributed by atoms with Gasteiger partial charge in [-0.2, -0.15) is 5.10 Å². The van der Waals surface area contributed by atoms with E-state index in [9.17, 15) is 4.79 Å². The largest absolute Gasteiger partial charge is 0.321 e. The molecule has 0 aliphatic heterocycles. The van der Waals surface area contributed by atoms with Crippen LogP contribution in [0.15, 0.2) is 55.0 Å². The van der Waals surface area contributed by atoms with E-state index in [1.807, 2.05) is 12.1 Å². The number of fused-ring (bicyclic) bond motifs is 1. The predicted octanol–water partition coefficient (Wildman–Crippen LogP) is 1.98. The van der Waals surface area contributed by atoms with Crippen molar-refractivity contribution in [1.29, 1.82) is 0 Å². The molecule has 0 unspecified atom stereocenters. The van der Waals surface area contributed by atoms with E-state index in [0.717, 1.165) is 11.2 Å². The number of carbonyl (C=O) groups excluding carboxylic acids is 1. The number of anilines is 1. The Labute approximate surface area is 103 Å². The molecule has 0 aliphatic carbocycles. The van der Waals surface area contributed by atoms with E-state index in [2.05, 4.69) is 15.4 Å². The summed E-state index contributed by atoms with van der Waals surface area (Å²) in [5, 5.41) is 6.89. The van der Waals surface area contributed by atoms with Gasteiger partial charge in [-0.25, -0.2) is 4.52 Å². The second-order valence-electron chi connectivity index (χ2n) is 3.79. The van der Waals surface area contributed by atoms with Gasteiger partial charge < -0.3 is 5.32 Å². The van der Waals surface area contributed by atoms with Gasteiger partial charge in [-0.1, -0.05) is 6.07 Å². The first-order valence-electron chi connectivity index (χ1n) is 5.49. The first-order chi connectivity index (χ1) is 8.83. The van der Waals surface area contributed by atoms with E-state index in [0.29, 0.717) is 5.69 Å². The Balaban J connectivity index is 1.86. The number of carbonyl (C=O) groups is 1. The van der Waals surface area contributed by atoms with E-state index in [-0.39, 0.29) is 5.91 Å². The summed E-state index contributed by atoms with van der Waals surface area (Å²) in [4.78, 5) is 15.9. The highest BCUT2D eigenvalue weighted by atomic mass is 16.1. The molecule has 0 atom stereocenters. The van der Waals surface area contributed by atoms with Crippen LogP contribution in [0.5, 0.6) is 0 Å². The molecule has 0 saturated heterocycles. The fourth-order valence-corrected chi connectivity index (χ4v) is 1.69. The monoisotopic (exact) mass is 238 g/mol. The smallest absolute Gasteiger partial charge is 0.274 e.